The Morgan fingerprint density at radius 3 is 0.895 bits per heavy atom. The molecule has 23 aliphatic heterocycles. The predicted octanol–water partition coefficient (Wildman–Crippen LogP) is -4.07. The summed E-state index contributed by atoms with van der Waals surface area (Å²) in [4.78, 5) is 37.1. The van der Waals surface area contributed by atoms with Crippen LogP contribution in [0.5, 0.6) is 0 Å². The van der Waals surface area contributed by atoms with Gasteiger partial charge in [0.2, 0.25) is 0 Å². The summed E-state index contributed by atoms with van der Waals surface area (Å²) >= 11 is 0. The number of aliphatic hydroxyl groups excluding tert-OH is 4. The molecule has 23 heterocycles. The van der Waals surface area contributed by atoms with Crippen molar-refractivity contribution in [1.82, 2.24) is 24.8 Å². The number of benzene rings is 1. The zero-order valence-corrected chi connectivity index (χ0v) is 74.0. The number of fused-ring (bicyclic) bond motifs is 2. The van der Waals surface area contributed by atoms with Gasteiger partial charge >= 0.3 is 5.69 Å². The predicted molar refractivity (Wildman–Crippen MR) is 420 cm³/mol. The maximum atomic E-state index is 13.4. The molecule has 0 aliphatic carbocycles. The molecule has 38 atom stereocenters. The first-order valence-electron chi connectivity index (χ1n) is 40.8. The van der Waals surface area contributed by atoms with Gasteiger partial charge < -0.3 is 191 Å². The second-order valence-electron chi connectivity index (χ2n) is 31.0. The Labute approximate surface area is 718 Å². The first-order valence-corrected chi connectivity index (χ1v) is 40.8. The standard InChI is InChI=1S/C79H129N5O40/c1-34-22-36-37(84(26-38(86)48(88)39(87)27-85)70-47(81-36)71(89)83-79(90)82-70)23-35(34)24-80-25-40-49-56(97-8)63(104-15)72(111-40)119-50-41(28-91-2)113-74(65(106-17)57(50)98-9)121-52-43(30-93-4)115-76(67(108-19)59(52)100-11)123-54-45(32-95-6)117-78(69(110-21)61(54)102-13)124-55-46(33-96-7)116-77(68(109-20)62(55)103-14)122-53-44(31-94-5)114-75(66(107-18)60(53)101-12)120-51-42(29-92-3)112-73(118-49)64(105-16)58(51)99-10/h22-23,38-46,48-69,72-78,80,85-88H,24-33H2,1-21H3,(H,83,89,90). The Morgan fingerprint density at radius 2 is 0.637 bits per heavy atom. The fraction of sp³-hybridized carbons (Fsp3) is 0.873. The molecule has 14 bridgehead atoms. The average Bonchev–Trinajstić information content (AvgIpc) is 0.788. The molecule has 0 amide bonds. The number of hydrogen-bond donors (Lipinski definition) is 6. The van der Waals surface area contributed by atoms with Gasteiger partial charge in [-0.05, 0) is 30.2 Å². The Balaban J connectivity index is 1.02. The number of hydrogen-bond acceptors (Lipinski definition) is 43. The lowest BCUT2D eigenvalue weighted by Gasteiger charge is -2.52. The van der Waals surface area contributed by atoms with Crippen molar-refractivity contribution < 1.29 is 181 Å². The SMILES string of the molecule is COCC1OC2OC3C(COC)OC(OC4C(COC)OC(OC5C(COC)OC(OC6C(COC)OC(OC7C(COC)OC(OC8C(CNCc9cc%10c(cc9C)nc9c(=O)[nH]c(=O)nc-9n%10CC(O)C(O)C(O)CO)OC(OC1C(OC)C2OC)C(OC)C8OC)C(OC)C7OC)C(OC)C6OC)C(OC)C5OC)C(OC)C4OC)C(OC)C3OC. The molecule has 710 valence electrons. The zero-order valence-electron chi connectivity index (χ0n) is 74.0. The van der Waals surface area contributed by atoms with Gasteiger partial charge in [-0.2, -0.15) is 4.98 Å². The van der Waals surface area contributed by atoms with E-state index in [1.165, 1.54) is 147 Å². The van der Waals surface area contributed by atoms with Crippen molar-refractivity contribution in [2.75, 3.05) is 195 Å². The van der Waals surface area contributed by atoms with E-state index in [0.29, 0.717) is 11.1 Å². The number of aryl methyl sites for hydroxylation is 1. The van der Waals surface area contributed by atoms with Gasteiger partial charge in [0.25, 0.3) is 5.56 Å². The summed E-state index contributed by atoms with van der Waals surface area (Å²) in [7, 11) is 29.5. The average molecular weight is 1790 g/mol. The van der Waals surface area contributed by atoms with Crippen molar-refractivity contribution in [2.24, 2.45) is 0 Å². The topological polar surface area (TPSA) is 487 Å². The summed E-state index contributed by atoms with van der Waals surface area (Å²) < 4.78 is 225. The summed E-state index contributed by atoms with van der Waals surface area (Å²) in [6.07, 6.45) is -45.0. The Bertz CT molecular complexity index is 3740. The highest BCUT2D eigenvalue weighted by atomic mass is 16.8. The van der Waals surface area contributed by atoms with Crippen LogP contribution in [0, 0.1) is 6.92 Å². The van der Waals surface area contributed by atoms with Crippen LogP contribution in [0.2, 0.25) is 0 Å². The summed E-state index contributed by atoms with van der Waals surface area (Å²) in [5.74, 6) is -0.241. The Kier molecular flexibility index (Phi) is 38.4. The van der Waals surface area contributed by atoms with Crippen molar-refractivity contribution in [3.05, 3.63) is 44.1 Å². The van der Waals surface area contributed by atoms with Crippen LogP contribution in [0.1, 0.15) is 11.1 Å². The smallest absolute Gasteiger partial charge is 0.349 e. The third-order valence-electron chi connectivity index (χ3n) is 24.0. The van der Waals surface area contributed by atoms with Crippen molar-refractivity contribution >= 4 is 11.0 Å². The number of nitrogens with one attached hydrogen (secondary N) is 2. The second-order valence-corrected chi connectivity index (χ2v) is 31.0. The summed E-state index contributed by atoms with van der Waals surface area (Å²) in [6.45, 7) is -0.339. The molecule has 1 aromatic rings. The molecule has 0 radical (unpaired) electrons. The van der Waals surface area contributed by atoms with Gasteiger partial charge in [-0.1, -0.05) is 0 Å². The van der Waals surface area contributed by atoms with E-state index in [-0.39, 0.29) is 75.3 Å². The zero-order chi connectivity index (χ0) is 89.5. The largest absolute Gasteiger partial charge is 0.394 e. The third kappa shape index (κ3) is 21.5. The van der Waals surface area contributed by atoms with E-state index in [0.717, 1.165) is 0 Å². The molecule has 38 unspecified atom stereocenters. The maximum Gasteiger partial charge on any atom is 0.349 e. The fourth-order valence-corrected chi connectivity index (χ4v) is 18.1. The number of aromatic amines is 1. The number of nitrogens with zero attached hydrogens (tertiary/aromatic N) is 3. The molecule has 124 heavy (non-hydrogen) atoms. The van der Waals surface area contributed by atoms with E-state index in [1.54, 1.807) is 19.1 Å². The molecule has 0 aromatic heterocycles. The molecular weight excluding hydrogens is 1660 g/mol. The van der Waals surface area contributed by atoms with Crippen LogP contribution in [0.25, 0.3) is 22.6 Å². The van der Waals surface area contributed by atoms with E-state index < -0.39 is 258 Å². The normalized spacial score (nSPS) is 39.8. The van der Waals surface area contributed by atoms with Gasteiger partial charge in [-0.25, -0.2) is 9.78 Å². The molecular formula is C79H129N5O40. The number of rotatable bonds is 35. The molecule has 0 saturated carbocycles. The van der Waals surface area contributed by atoms with Gasteiger partial charge in [-0.15, -0.1) is 0 Å². The van der Waals surface area contributed by atoms with E-state index in [2.05, 4.69) is 20.3 Å². The van der Waals surface area contributed by atoms with Gasteiger partial charge in [0.1, 0.15) is 189 Å². The first kappa shape index (κ1) is 100. The lowest BCUT2D eigenvalue weighted by Crippen LogP contribution is -2.69. The fourth-order valence-electron chi connectivity index (χ4n) is 18.1. The van der Waals surface area contributed by atoms with Gasteiger partial charge in [0.15, 0.2) is 55.5 Å². The summed E-state index contributed by atoms with van der Waals surface area (Å²) in [5, 5.41) is 46.0. The Hall–Kier alpha value is -4.06. The monoisotopic (exact) mass is 1790 g/mol. The second kappa shape index (κ2) is 47.3. The van der Waals surface area contributed by atoms with Crippen molar-refractivity contribution in [3.63, 3.8) is 0 Å². The molecule has 45 heteroatoms. The van der Waals surface area contributed by atoms with Crippen LogP contribution in [0.15, 0.2) is 21.7 Å². The minimum Gasteiger partial charge on any atom is -0.394 e. The lowest BCUT2D eigenvalue weighted by molar-refractivity contribution is -0.402. The number of aliphatic hydroxyl groups is 4. The van der Waals surface area contributed by atoms with Crippen LogP contribution in [0.3, 0.4) is 0 Å². The minimum absolute atomic E-state index is 0.0339. The van der Waals surface area contributed by atoms with Crippen LogP contribution >= 0.6 is 0 Å². The molecule has 1 aromatic carbocycles. The number of H-pyrrole nitrogens is 1. The summed E-state index contributed by atoms with van der Waals surface area (Å²) in [5.41, 5.74) is -0.407. The van der Waals surface area contributed by atoms with E-state index >= 15 is 0 Å². The first-order chi connectivity index (χ1) is 60.0. The molecule has 21 fully saturated rings. The van der Waals surface area contributed by atoms with Crippen LogP contribution in [-0.4, -0.2) is 468 Å². The lowest BCUT2D eigenvalue weighted by atomic mass is 9.94. The van der Waals surface area contributed by atoms with Crippen LogP contribution < -0.4 is 16.6 Å². The Morgan fingerprint density at radius 1 is 0.371 bits per heavy atom. The molecule has 23 aliphatic rings. The van der Waals surface area contributed by atoms with Crippen LogP contribution in [-0.2, 0) is 174 Å². The van der Waals surface area contributed by atoms with Gasteiger partial charge in [-0.3, -0.25) is 9.78 Å². The molecule has 45 nitrogen and oxygen atoms in total. The maximum absolute atomic E-state index is 13.4. The molecule has 21 saturated heterocycles. The van der Waals surface area contributed by atoms with E-state index in [9.17, 15) is 30.0 Å². The van der Waals surface area contributed by atoms with Gasteiger partial charge in [0.05, 0.1) is 63.8 Å². The highest BCUT2D eigenvalue weighted by Crippen LogP contribution is 2.44. The summed E-state index contributed by atoms with van der Waals surface area (Å²) in [6, 6.07) is 3.39. The minimum atomic E-state index is -1.88. The molecule has 6 N–H and O–H groups in total. The van der Waals surface area contributed by atoms with E-state index in [4.69, 9.17) is 161 Å². The van der Waals surface area contributed by atoms with Crippen molar-refractivity contribution in [2.45, 2.75) is 253 Å². The van der Waals surface area contributed by atoms with Gasteiger partial charge in [0, 0.05) is 155 Å². The number of aromatic nitrogens is 4. The third-order valence-corrected chi connectivity index (χ3v) is 24.0. The van der Waals surface area contributed by atoms with Crippen molar-refractivity contribution in [1.29, 1.82) is 0 Å². The molecule has 0 spiro atoms. The van der Waals surface area contributed by atoms with Crippen molar-refractivity contribution in [3.8, 4) is 11.5 Å². The van der Waals surface area contributed by atoms with Crippen LogP contribution in [0.4, 0.5) is 0 Å². The number of methoxy groups -OCH3 is 20. The highest BCUT2D eigenvalue weighted by molar-refractivity contribution is 5.81. The molecule has 24 rings (SSSR count). The van der Waals surface area contributed by atoms with E-state index in [1.807, 2.05) is 0 Å². The number of ether oxygens (including phenoxy) is 34. The quantitative estimate of drug-likeness (QED) is 0.0305. The highest BCUT2D eigenvalue weighted by Gasteiger charge is 2.63.